The molecule has 18 heavy (non-hydrogen) atoms. The molecule has 0 rings (SSSR count). The molecule has 110 valence electrons. The Kier molecular flexibility index (Phi) is 16.0. The van der Waals surface area contributed by atoms with Crippen LogP contribution in [-0.4, -0.2) is 21.2 Å². The minimum atomic E-state index is -0.356. The van der Waals surface area contributed by atoms with Crippen LogP contribution in [0.4, 0.5) is 0 Å². The van der Waals surface area contributed by atoms with Crippen molar-refractivity contribution in [2.24, 2.45) is 0 Å². The zero-order valence-corrected chi connectivity index (χ0v) is 14.9. The molecular weight excluding hydrogens is 256 g/mol. The molecule has 0 radical (unpaired) electrons. The molecule has 0 saturated heterocycles. The lowest BCUT2D eigenvalue weighted by atomic mass is 10.1. The molecule has 3 heteroatoms. The zero-order chi connectivity index (χ0) is 13.5. The van der Waals surface area contributed by atoms with Crippen molar-refractivity contribution in [3.05, 3.63) is 0 Å². The summed E-state index contributed by atoms with van der Waals surface area (Å²) in [5, 5.41) is 0. The molecule has 0 aromatic heterocycles. The summed E-state index contributed by atoms with van der Waals surface area (Å²) >= 11 is 4.47. The lowest BCUT2D eigenvalue weighted by Gasteiger charge is -2.07. The van der Waals surface area contributed by atoms with Gasteiger partial charge in [0.2, 0.25) is 0 Å². The van der Waals surface area contributed by atoms with Crippen molar-refractivity contribution in [3.63, 3.8) is 0 Å². The Balaban J connectivity index is 2.94. The molecule has 0 fully saturated rings. The van der Waals surface area contributed by atoms with Crippen molar-refractivity contribution in [2.45, 2.75) is 89.3 Å². The number of hydrogen-bond donors (Lipinski definition) is 1. The monoisotopic (exact) mass is 290 g/mol. The van der Waals surface area contributed by atoms with Crippen LogP contribution in [0, 0.1) is 0 Å². The molecule has 1 nitrogen and oxygen atoms in total. The smallest absolute Gasteiger partial charge is 0.174 e. The highest BCUT2D eigenvalue weighted by Gasteiger charge is 2.00. The maximum absolute atomic E-state index is 5.72. The average Bonchev–Trinajstić information content (AvgIpc) is 2.39. The second-order valence-electron chi connectivity index (χ2n) is 5.32. The second-order valence-corrected chi connectivity index (χ2v) is 8.46. The van der Waals surface area contributed by atoms with E-state index in [0.717, 1.165) is 13.0 Å². The summed E-state index contributed by atoms with van der Waals surface area (Å²) in [4.78, 5) is 0.563. The summed E-state index contributed by atoms with van der Waals surface area (Å²) in [5.41, 5.74) is 0. The third-order valence-electron chi connectivity index (χ3n) is 3.42. The van der Waals surface area contributed by atoms with E-state index >= 15 is 0 Å². The van der Waals surface area contributed by atoms with Crippen LogP contribution in [0.2, 0.25) is 0 Å². The largest absolute Gasteiger partial charge is 0.423 e. The second kappa shape index (κ2) is 15.6. The van der Waals surface area contributed by atoms with Crippen LogP contribution in [0.15, 0.2) is 0 Å². The minimum absolute atomic E-state index is 0.356. The fraction of sp³-hybridized carbons (Fsp3) is 1.00. The van der Waals surface area contributed by atoms with Gasteiger partial charge in [0.05, 0.1) is 0 Å². The summed E-state index contributed by atoms with van der Waals surface area (Å²) in [7, 11) is -0.356. The summed E-state index contributed by atoms with van der Waals surface area (Å²) in [5.74, 6) is 0. The summed E-state index contributed by atoms with van der Waals surface area (Å²) in [6.45, 7) is 5.45. The molecule has 1 atom stereocenters. The first-order valence-corrected chi connectivity index (χ1v) is 9.98. The highest BCUT2D eigenvalue weighted by atomic mass is 32.1. The Hall–Kier alpha value is 0.527. The van der Waals surface area contributed by atoms with Crippen LogP contribution < -0.4 is 0 Å². The molecule has 0 N–H and O–H groups in total. The normalized spacial score (nSPS) is 13.5. The first-order chi connectivity index (χ1) is 8.81. The van der Waals surface area contributed by atoms with E-state index in [1.807, 2.05) is 0 Å². The van der Waals surface area contributed by atoms with Crippen molar-refractivity contribution < 1.29 is 4.43 Å². The molecule has 1 unspecified atom stereocenters. The van der Waals surface area contributed by atoms with Gasteiger partial charge in [0, 0.05) is 11.5 Å². The van der Waals surface area contributed by atoms with E-state index in [1.165, 1.54) is 64.2 Å². The lowest BCUT2D eigenvalue weighted by molar-refractivity contribution is 0.318. The van der Waals surface area contributed by atoms with Gasteiger partial charge in [-0.2, -0.15) is 12.6 Å². The molecule has 0 amide bonds. The average molecular weight is 291 g/mol. The predicted octanol–water partition coefficient (Wildman–Crippen LogP) is 4.67. The fourth-order valence-electron chi connectivity index (χ4n) is 2.03. The molecule has 0 aliphatic carbocycles. The number of hydrogen-bond acceptors (Lipinski definition) is 2. The number of thiol groups is 1. The Morgan fingerprint density at radius 3 is 1.83 bits per heavy atom. The first-order valence-electron chi connectivity index (χ1n) is 8.07. The summed E-state index contributed by atoms with van der Waals surface area (Å²) < 4.78 is 5.72. The van der Waals surface area contributed by atoms with Crippen molar-refractivity contribution in [3.8, 4) is 0 Å². The topological polar surface area (TPSA) is 9.23 Å². The third kappa shape index (κ3) is 14.6. The van der Waals surface area contributed by atoms with Crippen LogP contribution in [0.1, 0.15) is 84.5 Å². The van der Waals surface area contributed by atoms with Crippen LogP contribution in [0.3, 0.4) is 0 Å². The van der Waals surface area contributed by atoms with Gasteiger partial charge < -0.3 is 4.43 Å². The maximum atomic E-state index is 5.72. The van der Waals surface area contributed by atoms with Gasteiger partial charge in [-0.15, -0.1) is 0 Å². The molecule has 0 aliphatic heterocycles. The molecule has 0 aliphatic rings. The quantitative estimate of drug-likeness (QED) is 0.278. The van der Waals surface area contributed by atoms with Crippen molar-refractivity contribution in [2.75, 3.05) is 6.61 Å². The fourth-order valence-corrected chi connectivity index (χ4v) is 3.22. The van der Waals surface area contributed by atoms with Gasteiger partial charge in [0.25, 0.3) is 0 Å². The first kappa shape index (κ1) is 18.5. The van der Waals surface area contributed by atoms with Gasteiger partial charge in [-0.05, 0) is 12.8 Å². The van der Waals surface area contributed by atoms with E-state index in [4.69, 9.17) is 4.43 Å². The van der Waals surface area contributed by atoms with Gasteiger partial charge in [-0.3, -0.25) is 0 Å². The van der Waals surface area contributed by atoms with Crippen molar-refractivity contribution >= 4 is 22.4 Å². The van der Waals surface area contributed by atoms with Crippen molar-refractivity contribution in [1.29, 1.82) is 0 Å². The molecule has 0 bridgehead atoms. The molecule has 0 aromatic rings. The van der Waals surface area contributed by atoms with Gasteiger partial charge >= 0.3 is 0 Å². The SMILES string of the molecule is CCCCCCCCCCCCO[SiH2]C(S)CC. The molecular formula is C15H34OSSi. The standard InChI is InChI=1S/C15H34OSSi/c1-3-5-6-7-8-9-10-11-12-13-14-16-18-15(17)4-2/h15,17H,3-14,18H2,1-2H3. The Morgan fingerprint density at radius 1 is 0.833 bits per heavy atom. The van der Waals surface area contributed by atoms with Crippen molar-refractivity contribution in [1.82, 2.24) is 0 Å². The molecule has 0 saturated carbocycles. The van der Waals surface area contributed by atoms with Crippen LogP contribution in [0.25, 0.3) is 0 Å². The minimum Gasteiger partial charge on any atom is -0.423 e. The third-order valence-corrected chi connectivity index (χ3v) is 5.72. The Labute approximate surface area is 123 Å². The predicted molar refractivity (Wildman–Crippen MR) is 89.4 cm³/mol. The van der Waals surface area contributed by atoms with Gasteiger partial charge in [0.15, 0.2) is 9.76 Å². The van der Waals surface area contributed by atoms with E-state index in [9.17, 15) is 0 Å². The summed E-state index contributed by atoms with van der Waals surface area (Å²) in [6, 6.07) is 0. The van der Waals surface area contributed by atoms with E-state index < -0.39 is 0 Å². The van der Waals surface area contributed by atoms with Crippen LogP contribution in [-0.2, 0) is 4.43 Å². The molecule has 0 spiro atoms. The van der Waals surface area contributed by atoms with E-state index in [-0.39, 0.29) is 9.76 Å². The van der Waals surface area contributed by atoms with Crippen LogP contribution in [0.5, 0.6) is 0 Å². The van der Waals surface area contributed by atoms with Gasteiger partial charge in [0.1, 0.15) is 0 Å². The zero-order valence-electron chi connectivity index (χ0n) is 12.6. The maximum Gasteiger partial charge on any atom is 0.174 e. The van der Waals surface area contributed by atoms with Gasteiger partial charge in [-0.1, -0.05) is 71.6 Å². The van der Waals surface area contributed by atoms with E-state index in [1.54, 1.807) is 0 Å². The van der Waals surface area contributed by atoms with Gasteiger partial charge in [-0.25, -0.2) is 0 Å². The Morgan fingerprint density at radius 2 is 1.33 bits per heavy atom. The Bertz CT molecular complexity index is 155. The summed E-state index contributed by atoms with van der Waals surface area (Å²) in [6.07, 6.45) is 15.1. The lowest BCUT2D eigenvalue weighted by Crippen LogP contribution is -2.13. The number of rotatable bonds is 14. The van der Waals surface area contributed by atoms with E-state index in [2.05, 4.69) is 26.5 Å². The highest BCUT2D eigenvalue weighted by molar-refractivity contribution is 7.82. The van der Waals surface area contributed by atoms with Crippen LogP contribution >= 0.6 is 12.6 Å². The van der Waals surface area contributed by atoms with E-state index in [0.29, 0.717) is 4.87 Å². The number of unbranched alkanes of at least 4 members (excludes halogenated alkanes) is 9. The highest BCUT2D eigenvalue weighted by Crippen LogP contribution is 2.10. The molecule has 0 heterocycles. The molecule has 0 aromatic carbocycles.